The van der Waals surface area contributed by atoms with E-state index in [4.69, 9.17) is 5.73 Å². The highest BCUT2D eigenvalue weighted by Crippen LogP contribution is 2.24. The van der Waals surface area contributed by atoms with Gasteiger partial charge in [-0.3, -0.25) is 5.32 Å². The van der Waals surface area contributed by atoms with Crippen molar-refractivity contribution in [1.29, 1.82) is 0 Å². The maximum absolute atomic E-state index is 6.20. The lowest BCUT2D eigenvalue weighted by Gasteiger charge is -2.25. The molecule has 0 bridgehead atoms. The molecule has 3 N–H and O–H groups in total. The van der Waals surface area contributed by atoms with Crippen molar-refractivity contribution in [3.05, 3.63) is 35.9 Å². The largest absolute Gasteiger partial charge is 0.313 e. The Hall–Kier alpha value is -0.570. The van der Waals surface area contributed by atoms with Crippen molar-refractivity contribution in [3.63, 3.8) is 0 Å². The standard InChI is InChI=1S/C12H18N2.ClH/c13-12(8-4-5-9-12)14-10-11-6-2-1-3-7-11;/h1-3,6-7,14H,4-5,8-10,13H2;1H. The quantitative estimate of drug-likeness (QED) is 0.777. The molecule has 3 heteroatoms. The van der Waals surface area contributed by atoms with Gasteiger partial charge in [-0.05, 0) is 18.4 Å². The Bertz CT molecular complexity index is 281. The van der Waals surface area contributed by atoms with Gasteiger partial charge in [0, 0.05) is 6.54 Å². The molecule has 15 heavy (non-hydrogen) atoms. The van der Waals surface area contributed by atoms with Gasteiger partial charge in [-0.25, -0.2) is 0 Å². The smallest absolute Gasteiger partial charge is 0.0664 e. The topological polar surface area (TPSA) is 38.0 Å². The predicted octanol–water partition coefficient (Wildman–Crippen LogP) is 2.43. The lowest BCUT2D eigenvalue weighted by Crippen LogP contribution is -2.50. The minimum atomic E-state index is -0.101. The molecule has 1 aliphatic carbocycles. The number of rotatable bonds is 3. The predicted molar refractivity (Wildman–Crippen MR) is 65.9 cm³/mol. The number of halogens is 1. The fraction of sp³-hybridized carbons (Fsp3) is 0.500. The third-order valence-corrected chi connectivity index (χ3v) is 2.98. The van der Waals surface area contributed by atoms with E-state index in [1.54, 1.807) is 0 Å². The van der Waals surface area contributed by atoms with Crippen LogP contribution in [0, 0.1) is 0 Å². The molecule has 2 rings (SSSR count). The van der Waals surface area contributed by atoms with Crippen molar-refractivity contribution in [2.45, 2.75) is 37.9 Å². The van der Waals surface area contributed by atoms with Gasteiger partial charge >= 0.3 is 0 Å². The van der Waals surface area contributed by atoms with Crippen LogP contribution in [0.1, 0.15) is 31.2 Å². The van der Waals surface area contributed by atoms with Crippen LogP contribution in [0.15, 0.2) is 30.3 Å². The monoisotopic (exact) mass is 226 g/mol. The molecule has 1 aromatic carbocycles. The maximum atomic E-state index is 6.20. The summed E-state index contributed by atoms with van der Waals surface area (Å²) in [5.41, 5.74) is 7.40. The minimum Gasteiger partial charge on any atom is -0.313 e. The molecule has 0 saturated heterocycles. The molecule has 1 saturated carbocycles. The van der Waals surface area contributed by atoms with Gasteiger partial charge in [0.15, 0.2) is 0 Å². The van der Waals surface area contributed by atoms with E-state index in [-0.39, 0.29) is 18.1 Å². The molecule has 0 heterocycles. The minimum absolute atomic E-state index is 0. The zero-order chi connectivity index (χ0) is 9.86. The number of nitrogens with one attached hydrogen (secondary N) is 1. The molecule has 0 spiro atoms. The highest BCUT2D eigenvalue weighted by Gasteiger charge is 2.28. The third kappa shape index (κ3) is 3.49. The average molecular weight is 227 g/mol. The molecular weight excluding hydrogens is 208 g/mol. The molecule has 0 unspecified atom stereocenters. The SMILES string of the molecule is Cl.NC1(NCc2ccccc2)CCCC1. The summed E-state index contributed by atoms with van der Waals surface area (Å²) in [6, 6.07) is 10.4. The fourth-order valence-electron chi connectivity index (χ4n) is 2.06. The van der Waals surface area contributed by atoms with E-state index >= 15 is 0 Å². The first-order valence-corrected chi connectivity index (χ1v) is 5.36. The van der Waals surface area contributed by atoms with Crippen molar-refractivity contribution in [1.82, 2.24) is 5.32 Å². The molecular formula is C12H19ClN2. The second-order valence-electron chi connectivity index (χ2n) is 4.20. The average Bonchev–Trinajstić information content (AvgIpc) is 2.65. The summed E-state index contributed by atoms with van der Waals surface area (Å²) in [5.74, 6) is 0. The van der Waals surface area contributed by atoms with Crippen LogP contribution in [0.4, 0.5) is 0 Å². The normalized spacial score (nSPS) is 18.5. The summed E-state index contributed by atoms with van der Waals surface area (Å²) >= 11 is 0. The van der Waals surface area contributed by atoms with Gasteiger partial charge in [0.2, 0.25) is 0 Å². The first kappa shape index (κ1) is 12.5. The van der Waals surface area contributed by atoms with E-state index < -0.39 is 0 Å². The van der Waals surface area contributed by atoms with Gasteiger partial charge in [-0.2, -0.15) is 0 Å². The molecule has 0 atom stereocenters. The Morgan fingerprint density at radius 1 is 1.13 bits per heavy atom. The van der Waals surface area contributed by atoms with Crippen molar-refractivity contribution < 1.29 is 0 Å². The number of hydrogen-bond donors (Lipinski definition) is 2. The summed E-state index contributed by atoms with van der Waals surface area (Å²) in [6.45, 7) is 0.886. The summed E-state index contributed by atoms with van der Waals surface area (Å²) in [5, 5.41) is 3.45. The van der Waals surface area contributed by atoms with Crippen LogP contribution >= 0.6 is 12.4 Å². The van der Waals surface area contributed by atoms with Crippen molar-refractivity contribution >= 4 is 12.4 Å². The van der Waals surface area contributed by atoms with E-state index in [0.29, 0.717) is 0 Å². The van der Waals surface area contributed by atoms with E-state index in [9.17, 15) is 0 Å². The highest BCUT2D eigenvalue weighted by molar-refractivity contribution is 5.85. The van der Waals surface area contributed by atoms with Gasteiger partial charge in [0.25, 0.3) is 0 Å². The number of nitrogens with two attached hydrogens (primary N) is 1. The van der Waals surface area contributed by atoms with Crippen LogP contribution in [-0.2, 0) is 6.54 Å². The Kier molecular flexibility index (Phi) is 4.58. The summed E-state index contributed by atoms with van der Waals surface area (Å²) < 4.78 is 0. The molecule has 2 nitrogen and oxygen atoms in total. The Morgan fingerprint density at radius 2 is 1.73 bits per heavy atom. The molecule has 0 aromatic heterocycles. The van der Waals surface area contributed by atoms with Crippen LogP contribution in [0.3, 0.4) is 0 Å². The van der Waals surface area contributed by atoms with Crippen LogP contribution in [0.2, 0.25) is 0 Å². The Balaban J connectivity index is 0.00000112. The van der Waals surface area contributed by atoms with Gasteiger partial charge < -0.3 is 5.73 Å². The summed E-state index contributed by atoms with van der Waals surface area (Å²) in [6.07, 6.45) is 4.75. The number of benzene rings is 1. The van der Waals surface area contributed by atoms with Gasteiger partial charge in [0.05, 0.1) is 5.66 Å². The van der Waals surface area contributed by atoms with Crippen molar-refractivity contribution in [2.24, 2.45) is 5.73 Å². The molecule has 1 fully saturated rings. The summed E-state index contributed by atoms with van der Waals surface area (Å²) in [4.78, 5) is 0. The second-order valence-corrected chi connectivity index (χ2v) is 4.20. The molecule has 0 radical (unpaired) electrons. The zero-order valence-electron chi connectivity index (χ0n) is 8.91. The lowest BCUT2D eigenvalue weighted by molar-refractivity contribution is 0.341. The van der Waals surface area contributed by atoms with E-state index in [0.717, 1.165) is 19.4 Å². The van der Waals surface area contributed by atoms with Crippen LogP contribution in [0.5, 0.6) is 0 Å². The van der Waals surface area contributed by atoms with E-state index in [1.807, 2.05) is 6.07 Å². The lowest BCUT2D eigenvalue weighted by atomic mass is 10.1. The van der Waals surface area contributed by atoms with Crippen LogP contribution in [-0.4, -0.2) is 5.66 Å². The van der Waals surface area contributed by atoms with Crippen molar-refractivity contribution in [2.75, 3.05) is 0 Å². The van der Waals surface area contributed by atoms with Gasteiger partial charge in [0.1, 0.15) is 0 Å². The third-order valence-electron chi connectivity index (χ3n) is 2.98. The van der Waals surface area contributed by atoms with Crippen molar-refractivity contribution in [3.8, 4) is 0 Å². The van der Waals surface area contributed by atoms with Gasteiger partial charge in [-0.15, -0.1) is 12.4 Å². The Labute approximate surface area is 97.7 Å². The van der Waals surface area contributed by atoms with Crippen LogP contribution < -0.4 is 11.1 Å². The molecule has 84 valence electrons. The first-order valence-electron chi connectivity index (χ1n) is 5.36. The van der Waals surface area contributed by atoms with E-state index in [1.165, 1.54) is 18.4 Å². The number of hydrogen-bond acceptors (Lipinski definition) is 2. The van der Waals surface area contributed by atoms with Crippen LogP contribution in [0.25, 0.3) is 0 Å². The second kappa shape index (κ2) is 5.50. The van der Waals surface area contributed by atoms with E-state index in [2.05, 4.69) is 29.6 Å². The highest BCUT2D eigenvalue weighted by atomic mass is 35.5. The zero-order valence-corrected chi connectivity index (χ0v) is 9.72. The first-order chi connectivity index (χ1) is 6.79. The molecule has 1 aromatic rings. The molecule has 0 aliphatic heterocycles. The fourth-order valence-corrected chi connectivity index (χ4v) is 2.06. The molecule has 0 amide bonds. The Morgan fingerprint density at radius 3 is 2.33 bits per heavy atom. The maximum Gasteiger partial charge on any atom is 0.0664 e. The van der Waals surface area contributed by atoms with Gasteiger partial charge in [-0.1, -0.05) is 43.2 Å². The molecule has 1 aliphatic rings. The summed E-state index contributed by atoms with van der Waals surface area (Å²) in [7, 11) is 0.